The van der Waals surface area contributed by atoms with Crippen molar-refractivity contribution < 1.29 is 19.1 Å². The molecule has 0 aliphatic carbocycles. The van der Waals surface area contributed by atoms with Crippen molar-refractivity contribution in [2.24, 2.45) is 5.92 Å². The normalized spacial score (nSPS) is 18.7. The Balaban J connectivity index is 1.37. The number of anilines is 1. The van der Waals surface area contributed by atoms with Gasteiger partial charge in [0, 0.05) is 31.9 Å². The zero-order valence-corrected chi connectivity index (χ0v) is 18.2. The van der Waals surface area contributed by atoms with Crippen LogP contribution in [0.15, 0.2) is 24.3 Å². The maximum absolute atomic E-state index is 12.9. The minimum absolute atomic E-state index is 0.112. The molecule has 2 aromatic rings. The first kappa shape index (κ1) is 21.2. The van der Waals surface area contributed by atoms with E-state index in [2.05, 4.69) is 15.5 Å². The van der Waals surface area contributed by atoms with Gasteiger partial charge >= 0.3 is 0 Å². The Labute approximate surface area is 184 Å². The van der Waals surface area contributed by atoms with Crippen LogP contribution in [0, 0.1) is 5.92 Å². The zero-order valence-electron chi connectivity index (χ0n) is 17.4. The first-order valence-electron chi connectivity index (χ1n) is 10.4. The van der Waals surface area contributed by atoms with Gasteiger partial charge in [-0.3, -0.25) is 14.4 Å². The van der Waals surface area contributed by atoms with Gasteiger partial charge in [-0.2, -0.15) is 0 Å². The molecular formula is C21H25N5O4S. The van der Waals surface area contributed by atoms with Crippen LogP contribution in [0.3, 0.4) is 0 Å². The van der Waals surface area contributed by atoms with Gasteiger partial charge in [-0.1, -0.05) is 11.3 Å². The summed E-state index contributed by atoms with van der Waals surface area (Å²) in [6.07, 6.45) is 3.67. The van der Waals surface area contributed by atoms with Crippen molar-refractivity contribution in [2.75, 3.05) is 38.6 Å². The number of benzene rings is 1. The topological polar surface area (TPSA) is 105 Å². The third-order valence-corrected chi connectivity index (χ3v) is 6.54. The molecule has 9 nitrogen and oxygen atoms in total. The number of nitrogens with zero attached hydrogens (tertiary/aromatic N) is 4. The van der Waals surface area contributed by atoms with Crippen molar-refractivity contribution in [3.63, 3.8) is 0 Å². The highest BCUT2D eigenvalue weighted by Gasteiger charge is 2.33. The fourth-order valence-electron chi connectivity index (χ4n) is 3.95. The van der Waals surface area contributed by atoms with Gasteiger partial charge in [0.05, 0.1) is 13.0 Å². The number of piperidine rings is 1. The first-order chi connectivity index (χ1) is 15.0. The molecule has 4 rings (SSSR count). The predicted molar refractivity (Wildman–Crippen MR) is 115 cm³/mol. The molecule has 3 amide bonds. The second-order valence-corrected chi connectivity index (χ2v) is 8.70. The number of carbonyl (C=O) groups excluding carboxylic acids is 3. The molecular weight excluding hydrogens is 418 g/mol. The Morgan fingerprint density at radius 3 is 2.39 bits per heavy atom. The van der Waals surface area contributed by atoms with Gasteiger partial charge in [-0.15, -0.1) is 10.2 Å². The summed E-state index contributed by atoms with van der Waals surface area (Å²) in [4.78, 5) is 41.7. The molecule has 10 heteroatoms. The Morgan fingerprint density at radius 2 is 1.68 bits per heavy atom. The smallest absolute Gasteiger partial charge is 0.286 e. The van der Waals surface area contributed by atoms with Crippen molar-refractivity contribution in [2.45, 2.75) is 25.7 Å². The van der Waals surface area contributed by atoms with E-state index >= 15 is 0 Å². The van der Waals surface area contributed by atoms with Gasteiger partial charge < -0.3 is 19.9 Å². The minimum Gasteiger partial charge on any atom is -0.497 e. The maximum Gasteiger partial charge on any atom is 0.286 e. The highest BCUT2D eigenvalue weighted by molar-refractivity contribution is 7.15. The minimum atomic E-state index is -0.428. The summed E-state index contributed by atoms with van der Waals surface area (Å²) in [5, 5.41) is 10.8. The third kappa shape index (κ3) is 4.84. The fraction of sp³-hybridized carbons (Fsp3) is 0.476. The second-order valence-electron chi connectivity index (χ2n) is 7.72. The van der Waals surface area contributed by atoms with Crippen LogP contribution in [0.1, 0.15) is 45.3 Å². The monoisotopic (exact) mass is 443 g/mol. The third-order valence-electron chi connectivity index (χ3n) is 5.63. The lowest BCUT2D eigenvalue weighted by molar-refractivity contribution is -0.135. The number of hydrogen-bond donors (Lipinski definition) is 1. The lowest BCUT2D eigenvalue weighted by Crippen LogP contribution is -2.46. The number of nitrogens with one attached hydrogen (secondary N) is 1. The molecule has 1 aromatic heterocycles. The van der Waals surface area contributed by atoms with Crippen LogP contribution in [-0.4, -0.2) is 71.0 Å². The number of likely N-dealkylation sites (tertiary alicyclic amines) is 2. The molecule has 0 saturated carbocycles. The van der Waals surface area contributed by atoms with Crippen LogP contribution in [0.25, 0.3) is 0 Å². The fourth-order valence-corrected chi connectivity index (χ4v) is 4.66. The predicted octanol–water partition coefficient (Wildman–Crippen LogP) is 2.27. The van der Waals surface area contributed by atoms with Crippen LogP contribution < -0.4 is 10.1 Å². The van der Waals surface area contributed by atoms with E-state index in [0.29, 0.717) is 24.5 Å². The average molecular weight is 444 g/mol. The van der Waals surface area contributed by atoms with Crippen LogP contribution in [0.4, 0.5) is 5.69 Å². The largest absolute Gasteiger partial charge is 0.497 e. The molecule has 2 aliphatic rings. The van der Waals surface area contributed by atoms with Crippen molar-refractivity contribution in [3.8, 4) is 5.75 Å². The van der Waals surface area contributed by atoms with Crippen molar-refractivity contribution in [1.82, 2.24) is 20.0 Å². The molecule has 1 aromatic carbocycles. The van der Waals surface area contributed by atoms with E-state index in [9.17, 15) is 14.4 Å². The van der Waals surface area contributed by atoms with E-state index in [4.69, 9.17) is 4.74 Å². The molecule has 1 atom stereocenters. The lowest BCUT2D eigenvalue weighted by Gasteiger charge is -2.33. The summed E-state index contributed by atoms with van der Waals surface area (Å²) in [5.41, 5.74) is 0.591. The summed E-state index contributed by atoms with van der Waals surface area (Å²) < 4.78 is 5.10. The van der Waals surface area contributed by atoms with E-state index in [1.54, 1.807) is 36.3 Å². The van der Waals surface area contributed by atoms with Crippen LogP contribution >= 0.6 is 11.3 Å². The number of rotatable bonds is 5. The van der Waals surface area contributed by atoms with E-state index < -0.39 is 5.91 Å². The Bertz CT molecular complexity index is 955. The molecule has 2 fully saturated rings. The Hall–Kier alpha value is -3.01. The maximum atomic E-state index is 12.9. The molecule has 3 heterocycles. The summed E-state index contributed by atoms with van der Waals surface area (Å²) in [7, 11) is 1.57. The van der Waals surface area contributed by atoms with Crippen molar-refractivity contribution in [3.05, 3.63) is 34.3 Å². The molecule has 2 aliphatic heterocycles. The zero-order chi connectivity index (χ0) is 21.8. The Kier molecular flexibility index (Phi) is 6.45. The van der Waals surface area contributed by atoms with Gasteiger partial charge in [0.15, 0.2) is 0 Å². The number of carbonyl (C=O) groups is 3. The molecule has 164 valence electrons. The number of aromatic nitrogens is 2. The number of methoxy groups -OCH3 is 1. The second kappa shape index (κ2) is 9.42. The molecule has 0 unspecified atom stereocenters. The van der Waals surface area contributed by atoms with Crippen LogP contribution in [-0.2, 0) is 4.79 Å². The van der Waals surface area contributed by atoms with Gasteiger partial charge in [0.1, 0.15) is 5.75 Å². The summed E-state index contributed by atoms with van der Waals surface area (Å²) in [6.45, 7) is 2.59. The lowest BCUT2D eigenvalue weighted by atomic mass is 9.96. The Morgan fingerprint density at radius 1 is 1.00 bits per heavy atom. The summed E-state index contributed by atoms with van der Waals surface area (Å²) in [5.74, 6) is -0.0411. The number of ether oxygens (including phenoxy) is 1. The quantitative estimate of drug-likeness (QED) is 0.760. The van der Waals surface area contributed by atoms with E-state index in [1.807, 2.05) is 4.90 Å². The first-order valence-corrected chi connectivity index (χ1v) is 11.2. The van der Waals surface area contributed by atoms with Gasteiger partial charge in [-0.05, 0) is 49.9 Å². The van der Waals surface area contributed by atoms with E-state index in [1.165, 1.54) is 0 Å². The summed E-state index contributed by atoms with van der Waals surface area (Å²) >= 11 is 0.959. The molecule has 0 spiro atoms. The van der Waals surface area contributed by atoms with E-state index in [0.717, 1.165) is 50.1 Å². The molecule has 31 heavy (non-hydrogen) atoms. The van der Waals surface area contributed by atoms with Crippen molar-refractivity contribution >= 4 is 34.7 Å². The standard InChI is InChI=1S/C21H25N5O4S/c1-30-16-8-6-15(7-9-16)22-17(27)18-23-24-19(31-18)21(29)26-12-4-5-14(13-26)20(28)25-10-2-3-11-25/h6-9,14H,2-5,10-13H2,1H3,(H,22,27)/t14-/m1/s1. The van der Waals surface area contributed by atoms with Crippen LogP contribution in [0.5, 0.6) is 5.75 Å². The molecule has 0 radical (unpaired) electrons. The molecule has 0 bridgehead atoms. The van der Waals surface area contributed by atoms with E-state index in [-0.39, 0.29) is 27.7 Å². The average Bonchev–Trinajstić information content (AvgIpc) is 3.51. The number of hydrogen-bond acceptors (Lipinski definition) is 7. The van der Waals surface area contributed by atoms with Crippen LogP contribution in [0.2, 0.25) is 0 Å². The van der Waals surface area contributed by atoms with Gasteiger partial charge in [0.2, 0.25) is 15.9 Å². The van der Waals surface area contributed by atoms with Gasteiger partial charge in [-0.25, -0.2) is 0 Å². The SMILES string of the molecule is COc1ccc(NC(=O)c2nnc(C(=O)N3CCC[C@@H](C(=O)N4CCCC4)C3)s2)cc1. The number of amides is 3. The summed E-state index contributed by atoms with van der Waals surface area (Å²) in [6, 6.07) is 6.91. The highest BCUT2D eigenvalue weighted by Crippen LogP contribution is 2.24. The van der Waals surface area contributed by atoms with Crippen molar-refractivity contribution in [1.29, 1.82) is 0 Å². The molecule has 2 saturated heterocycles. The highest BCUT2D eigenvalue weighted by atomic mass is 32.1. The molecule has 1 N–H and O–H groups in total. The van der Waals surface area contributed by atoms with Gasteiger partial charge in [0.25, 0.3) is 11.8 Å².